The predicted octanol–water partition coefficient (Wildman–Crippen LogP) is 2.81. The molecule has 1 atom stereocenters. The Labute approximate surface area is 127 Å². The van der Waals surface area contributed by atoms with E-state index < -0.39 is 7.82 Å². The molecule has 21 heavy (non-hydrogen) atoms. The Morgan fingerprint density at radius 1 is 1.24 bits per heavy atom. The lowest BCUT2D eigenvalue weighted by Crippen LogP contribution is -2.41. The first-order chi connectivity index (χ1) is 9.69. The Morgan fingerprint density at radius 2 is 1.81 bits per heavy atom. The Kier molecular flexibility index (Phi) is 7.34. The molecule has 1 aliphatic rings. The Hall–Kier alpha value is -0.420. The predicted molar refractivity (Wildman–Crippen MR) is 80.8 cm³/mol. The molecule has 1 aliphatic heterocycles. The van der Waals surface area contributed by atoms with E-state index in [-0.39, 0.29) is 24.5 Å². The number of nitrogens with zero attached hydrogens (tertiary/aromatic N) is 1. The third kappa shape index (κ3) is 7.41. The lowest BCUT2D eigenvalue weighted by Gasteiger charge is -2.32. The molecule has 1 amide bonds. The van der Waals surface area contributed by atoms with Crippen LogP contribution in [-0.4, -0.2) is 41.5 Å². The summed E-state index contributed by atoms with van der Waals surface area (Å²) in [4.78, 5) is 23.4. The summed E-state index contributed by atoms with van der Waals surface area (Å²) in [6.07, 6.45) is 1.36. The van der Waals surface area contributed by atoms with Gasteiger partial charge in [0.25, 0.3) is 0 Å². The first-order valence-electron chi connectivity index (χ1n) is 7.63. The molecule has 6 nitrogen and oxygen atoms in total. The fourth-order valence-electron chi connectivity index (χ4n) is 2.15. The van der Waals surface area contributed by atoms with Gasteiger partial charge in [-0.1, -0.05) is 27.7 Å². The van der Waals surface area contributed by atoms with Crippen LogP contribution in [-0.2, 0) is 18.4 Å². The molecule has 1 heterocycles. The Bertz CT molecular complexity index is 378. The van der Waals surface area contributed by atoms with Crippen molar-refractivity contribution in [3.05, 3.63) is 0 Å². The first kappa shape index (κ1) is 18.6. The number of rotatable bonds is 7. The monoisotopic (exact) mass is 321 g/mol. The summed E-state index contributed by atoms with van der Waals surface area (Å²) in [5, 5.41) is 0. The van der Waals surface area contributed by atoms with Gasteiger partial charge in [-0.25, -0.2) is 4.57 Å². The zero-order valence-electron chi connectivity index (χ0n) is 13.4. The summed E-state index contributed by atoms with van der Waals surface area (Å²) >= 11 is 0. The van der Waals surface area contributed by atoms with Crippen LogP contribution in [0.4, 0.5) is 0 Å². The van der Waals surface area contributed by atoms with Crippen molar-refractivity contribution in [1.82, 2.24) is 4.90 Å². The summed E-state index contributed by atoms with van der Waals surface area (Å²) in [6, 6.07) is 0. The maximum atomic E-state index is 11.9. The minimum atomic E-state index is -3.98. The molecular weight excluding hydrogens is 293 g/mol. The van der Waals surface area contributed by atoms with Gasteiger partial charge in [0.2, 0.25) is 5.91 Å². The number of likely N-dealkylation sites (tertiary alicyclic amines) is 1. The van der Waals surface area contributed by atoms with Crippen molar-refractivity contribution in [2.24, 2.45) is 11.8 Å². The number of carbonyl (C=O) groups excluding carboxylic acids is 1. The van der Waals surface area contributed by atoms with Crippen molar-refractivity contribution in [1.29, 1.82) is 0 Å². The second-order valence-electron chi connectivity index (χ2n) is 6.44. The number of hydrogen-bond donors (Lipinski definition) is 1. The fourth-order valence-corrected chi connectivity index (χ4v) is 3.29. The van der Waals surface area contributed by atoms with Crippen LogP contribution in [0.25, 0.3) is 0 Å². The quantitative estimate of drug-likeness (QED) is 0.730. The van der Waals surface area contributed by atoms with Crippen LogP contribution in [0, 0.1) is 11.8 Å². The van der Waals surface area contributed by atoms with Crippen molar-refractivity contribution in [2.45, 2.75) is 53.1 Å². The third-order valence-corrected chi connectivity index (χ3v) is 4.27. The maximum absolute atomic E-state index is 11.9. The molecule has 1 rings (SSSR count). The highest BCUT2D eigenvalue weighted by atomic mass is 31.2. The highest BCUT2D eigenvalue weighted by Crippen LogP contribution is 2.46. The number of hydrogen-bond acceptors (Lipinski definition) is 4. The van der Waals surface area contributed by atoms with E-state index in [9.17, 15) is 14.3 Å². The van der Waals surface area contributed by atoms with Gasteiger partial charge in [-0.3, -0.25) is 13.8 Å². The second-order valence-corrected chi connectivity index (χ2v) is 7.85. The summed E-state index contributed by atoms with van der Waals surface area (Å²) in [5.74, 6) is 0.657. The van der Waals surface area contributed by atoms with Crippen molar-refractivity contribution in [2.75, 3.05) is 19.7 Å². The Morgan fingerprint density at radius 3 is 2.29 bits per heavy atom. The topological polar surface area (TPSA) is 76.1 Å². The van der Waals surface area contributed by atoms with Crippen molar-refractivity contribution < 1.29 is 23.3 Å². The molecule has 1 N–H and O–H groups in total. The van der Waals surface area contributed by atoms with Gasteiger partial charge < -0.3 is 9.79 Å². The van der Waals surface area contributed by atoms with Crippen LogP contribution in [0.3, 0.4) is 0 Å². The van der Waals surface area contributed by atoms with E-state index in [4.69, 9.17) is 9.05 Å². The molecule has 0 bridgehead atoms. The van der Waals surface area contributed by atoms with Crippen molar-refractivity contribution in [3.63, 3.8) is 0 Å². The number of amides is 1. The lowest BCUT2D eigenvalue weighted by atomic mass is 10.1. The molecule has 1 saturated heterocycles. The fraction of sp³-hybridized carbons (Fsp3) is 0.929. The summed E-state index contributed by atoms with van der Waals surface area (Å²) in [6.45, 7) is 9.17. The molecule has 0 aromatic rings. The van der Waals surface area contributed by atoms with Gasteiger partial charge in [0.15, 0.2) is 0 Å². The van der Waals surface area contributed by atoms with Gasteiger partial charge in [-0.05, 0) is 24.7 Å². The molecular formula is C14H28NO5P. The molecule has 1 unspecified atom stereocenters. The maximum Gasteiger partial charge on any atom is 0.472 e. The van der Waals surface area contributed by atoms with Gasteiger partial charge in [-0.15, -0.1) is 0 Å². The number of phosphoric acid groups is 1. The largest absolute Gasteiger partial charge is 0.472 e. The first-order valence-corrected chi connectivity index (χ1v) is 9.12. The van der Waals surface area contributed by atoms with Crippen LogP contribution >= 0.6 is 7.82 Å². The third-order valence-electron chi connectivity index (χ3n) is 3.23. The molecule has 7 heteroatoms. The van der Waals surface area contributed by atoms with E-state index in [2.05, 4.69) is 0 Å². The van der Waals surface area contributed by atoms with Crippen LogP contribution in [0.15, 0.2) is 0 Å². The van der Waals surface area contributed by atoms with Crippen LogP contribution in [0.5, 0.6) is 0 Å². The summed E-state index contributed by atoms with van der Waals surface area (Å²) in [5.41, 5.74) is 0. The molecule has 0 aromatic carbocycles. The average Bonchev–Trinajstić information content (AvgIpc) is 2.36. The molecule has 1 fully saturated rings. The molecule has 0 aliphatic carbocycles. The summed E-state index contributed by atoms with van der Waals surface area (Å²) < 4.78 is 21.9. The van der Waals surface area contributed by atoms with Gasteiger partial charge in [0, 0.05) is 19.5 Å². The van der Waals surface area contributed by atoms with Crippen LogP contribution in [0.2, 0.25) is 0 Å². The molecule has 124 valence electrons. The standard InChI is InChI=1S/C14H28NO5P/c1-11(2)9-14(16)15-7-5-13(6-8-15)20-21(17,18)19-10-12(3)4/h11-13H,5-10H2,1-4H3,(H,17,18). The van der Waals surface area contributed by atoms with Crippen molar-refractivity contribution >= 4 is 13.7 Å². The van der Waals surface area contributed by atoms with E-state index in [1.165, 1.54) is 0 Å². The van der Waals surface area contributed by atoms with Gasteiger partial charge >= 0.3 is 7.82 Å². The molecule has 0 spiro atoms. The normalized spacial score (nSPS) is 20.0. The van der Waals surface area contributed by atoms with E-state index in [0.29, 0.717) is 38.3 Å². The smallest absolute Gasteiger partial charge is 0.342 e. The van der Waals surface area contributed by atoms with Gasteiger partial charge in [-0.2, -0.15) is 0 Å². The van der Waals surface area contributed by atoms with Crippen LogP contribution < -0.4 is 0 Å². The van der Waals surface area contributed by atoms with E-state index in [0.717, 1.165) is 0 Å². The van der Waals surface area contributed by atoms with Gasteiger partial charge in [0.1, 0.15) is 0 Å². The van der Waals surface area contributed by atoms with Crippen LogP contribution in [0.1, 0.15) is 47.0 Å². The Balaban J connectivity index is 2.36. The molecule has 0 radical (unpaired) electrons. The van der Waals surface area contributed by atoms with E-state index >= 15 is 0 Å². The number of phosphoric ester groups is 1. The lowest BCUT2D eigenvalue weighted by molar-refractivity contribution is -0.133. The van der Waals surface area contributed by atoms with Gasteiger partial charge in [0.05, 0.1) is 12.7 Å². The number of carbonyl (C=O) groups is 1. The molecule has 0 aromatic heterocycles. The van der Waals surface area contributed by atoms with Crippen molar-refractivity contribution in [3.8, 4) is 0 Å². The average molecular weight is 321 g/mol. The minimum Gasteiger partial charge on any atom is -0.342 e. The summed E-state index contributed by atoms with van der Waals surface area (Å²) in [7, 11) is -3.98. The molecule has 0 saturated carbocycles. The second kappa shape index (κ2) is 8.28. The minimum absolute atomic E-state index is 0.145. The zero-order chi connectivity index (χ0) is 16.0. The zero-order valence-corrected chi connectivity index (χ0v) is 14.3. The highest BCUT2D eigenvalue weighted by Gasteiger charge is 2.30. The SMILES string of the molecule is CC(C)COP(=O)(O)OC1CCN(C(=O)CC(C)C)CC1. The van der Waals surface area contributed by atoms with E-state index in [1.807, 2.05) is 27.7 Å². The highest BCUT2D eigenvalue weighted by molar-refractivity contribution is 7.47. The van der Waals surface area contributed by atoms with E-state index in [1.54, 1.807) is 4.90 Å². The number of piperidine rings is 1.